The molecule has 0 aliphatic carbocycles. The summed E-state index contributed by atoms with van der Waals surface area (Å²) >= 11 is 0. The number of hydrogen-bond acceptors (Lipinski definition) is 6. The van der Waals surface area contributed by atoms with Crippen LogP contribution in [0.15, 0.2) is 34.9 Å². The van der Waals surface area contributed by atoms with E-state index >= 15 is 0 Å². The van der Waals surface area contributed by atoms with Crippen LogP contribution < -0.4 is 11.1 Å². The maximum absolute atomic E-state index is 12.3. The van der Waals surface area contributed by atoms with Crippen molar-refractivity contribution in [3.05, 3.63) is 36.2 Å². The maximum atomic E-state index is 12.3. The average Bonchev–Trinajstić information content (AvgIpc) is 3.32. The number of likely N-dealkylation sites (tertiary alicyclic amines) is 1. The van der Waals surface area contributed by atoms with Crippen LogP contribution in [0.3, 0.4) is 0 Å². The molecule has 2 heterocycles. The first-order valence-electron chi connectivity index (χ1n) is 8.59. The standard InChI is InChI=1S/C18H20N4O5/c1-2-26-17(24)13-10-27-16(21-13)11-5-7-12(8-6-11)20-18(25)22-9-3-4-14(22)15(19)23/h5-8,10,14H,2-4,9H2,1H3,(H2,19,23)(H,20,25)/t14-/m1/s1. The molecule has 9 nitrogen and oxygen atoms in total. The minimum Gasteiger partial charge on any atom is -0.461 e. The number of carbonyl (C=O) groups is 3. The van der Waals surface area contributed by atoms with Gasteiger partial charge in [0.25, 0.3) is 0 Å². The lowest BCUT2D eigenvalue weighted by Gasteiger charge is -2.22. The summed E-state index contributed by atoms with van der Waals surface area (Å²) in [6.07, 6.45) is 2.56. The minimum absolute atomic E-state index is 0.0933. The lowest BCUT2D eigenvalue weighted by Crippen LogP contribution is -2.45. The molecule has 1 aromatic heterocycles. The molecule has 27 heavy (non-hydrogen) atoms. The first-order chi connectivity index (χ1) is 13.0. The van der Waals surface area contributed by atoms with Crippen LogP contribution in [-0.4, -0.2) is 47.0 Å². The zero-order valence-electron chi connectivity index (χ0n) is 14.8. The molecule has 142 valence electrons. The van der Waals surface area contributed by atoms with Gasteiger partial charge in [0.05, 0.1) is 6.61 Å². The molecule has 0 spiro atoms. The predicted molar refractivity (Wildman–Crippen MR) is 95.8 cm³/mol. The molecule has 1 saturated heterocycles. The Hall–Kier alpha value is -3.36. The van der Waals surface area contributed by atoms with Gasteiger partial charge < -0.3 is 25.1 Å². The third kappa shape index (κ3) is 4.08. The largest absolute Gasteiger partial charge is 0.461 e. The van der Waals surface area contributed by atoms with E-state index in [0.29, 0.717) is 24.2 Å². The molecule has 1 aromatic carbocycles. The topological polar surface area (TPSA) is 128 Å². The number of rotatable bonds is 5. The number of esters is 1. The quantitative estimate of drug-likeness (QED) is 0.773. The molecule has 1 aliphatic heterocycles. The number of ether oxygens (including phenoxy) is 1. The first kappa shape index (κ1) is 18.4. The summed E-state index contributed by atoms with van der Waals surface area (Å²) in [5.41, 5.74) is 6.62. The summed E-state index contributed by atoms with van der Waals surface area (Å²) in [4.78, 5) is 40.9. The minimum atomic E-state index is -0.571. The van der Waals surface area contributed by atoms with E-state index in [1.165, 1.54) is 11.2 Å². The third-order valence-corrected chi connectivity index (χ3v) is 4.21. The number of primary amides is 1. The Morgan fingerprint density at radius 3 is 2.74 bits per heavy atom. The molecule has 3 rings (SSSR count). The Bertz CT molecular complexity index is 846. The Balaban J connectivity index is 1.66. The molecule has 2 aromatic rings. The lowest BCUT2D eigenvalue weighted by molar-refractivity contribution is -0.121. The van der Waals surface area contributed by atoms with Gasteiger partial charge in [0.1, 0.15) is 12.3 Å². The highest BCUT2D eigenvalue weighted by Crippen LogP contribution is 2.23. The molecule has 1 fully saturated rings. The second-order valence-corrected chi connectivity index (χ2v) is 6.02. The maximum Gasteiger partial charge on any atom is 0.360 e. The van der Waals surface area contributed by atoms with Crippen LogP contribution >= 0.6 is 0 Å². The fourth-order valence-corrected chi connectivity index (χ4v) is 2.90. The molecule has 1 atom stereocenters. The normalized spacial score (nSPS) is 16.2. The van der Waals surface area contributed by atoms with Gasteiger partial charge in [-0.05, 0) is 44.0 Å². The number of urea groups is 1. The van der Waals surface area contributed by atoms with Crippen molar-refractivity contribution in [1.82, 2.24) is 9.88 Å². The summed E-state index contributed by atoms with van der Waals surface area (Å²) in [6.45, 7) is 2.45. The zero-order chi connectivity index (χ0) is 19.4. The molecule has 0 bridgehead atoms. The Kier molecular flexibility index (Phi) is 5.39. The Labute approximate surface area is 155 Å². The van der Waals surface area contributed by atoms with E-state index in [-0.39, 0.29) is 24.2 Å². The molecule has 1 aliphatic rings. The monoisotopic (exact) mass is 372 g/mol. The molecule has 3 amide bonds. The van der Waals surface area contributed by atoms with E-state index < -0.39 is 17.9 Å². The number of carbonyl (C=O) groups excluding carboxylic acids is 3. The van der Waals surface area contributed by atoms with Gasteiger partial charge >= 0.3 is 12.0 Å². The van der Waals surface area contributed by atoms with Gasteiger partial charge in [-0.2, -0.15) is 0 Å². The van der Waals surface area contributed by atoms with Crippen molar-refractivity contribution in [1.29, 1.82) is 0 Å². The van der Waals surface area contributed by atoms with E-state index in [2.05, 4.69) is 10.3 Å². The van der Waals surface area contributed by atoms with E-state index in [0.717, 1.165) is 6.42 Å². The summed E-state index contributed by atoms with van der Waals surface area (Å²) in [7, 11) is 0. The fourth-order valence-electron chi connectivity index (χ4n) is 2.90. The van der Waals surface area contributed by atoms with Gasteiger partial charge in [-0.25, -0.2) is 14.6 Å². The Morgan fingerprint density at radius 2 is 2.07 bits per heavy atom. The molecule has 9 heteroatoms. The van der Waals surface area contributed by atoms with Crippen LogP contribution in [0, 0.1) is 0 Å². The van der Waals surface area contributed by atoms with Crippen LogP contribution in [0.25, 0.3) is 11.5 Å². The summed E-state index contributed by atoms with van der Waals surface area (Å²) in [5, 5.41) is 2.74. The van der Waals surface area contributed by atoms with E-state index in [4.69, 9.17) is 14.9 Å². The number of amides is 3. The highest BCUT2D eigenvalue weighted by Gasteiger charge is 2.32. The smallest absolute Gasteiger partial charge is 0.360 e. The summed E-state index contributed by atoms with van der Waals surface area (Å²) in [5.74, 6) is -0.783. The predicted octanol–water partition coefficient (Wildman–Crippen LogP) is 2.00. The number of anilines is 1. The van der Waals surface area contributed by atoms with Gasteiger partial charge in [0.15, 0.2) is 5.69 Å². The first-order valence-corrected chi connectivity index (χ1v) is 8.59. The summed E-state index contributed by atoms with van der Waals surface area (Å²) in [6, 6.07) is 5.81. The number of oxazole rings is 1. The van der Waals surface area contributed by atoms with Crippen LogP contribution in [0.1, 0.15) is 30.3 Å². The van der Waals surface area contributed by atoms with Gasteiger partial charge in [-0.15, -0.1) is 0 Å². The van der Waals surface area contributed by atoms with Crippen LogP contribution in [0.5, 0.6) is 0 Å². The van der Waals surface area contributed by atoms with Gasteiger partial charge in [-0.1, -0.05) is 0 Å². The SMILES string of the molecule is CCOC(=O)c1coc(-c2ccc(NC(=O)N3CCC[C@@H]3C(N)=O)cc2)n1. The number of nitrogens with one attached hydrogen (secondary N) is 1. The second-order valence-electron chi connectivity index (χ2n) is 6.02. The highest BCUT2D eigenvalue weighted by molar-refractivity contribution is 5.94. The van der Waals surface area contributed by atoms with Gasteiger partial charge in [-0.3, -0.25) is 4.79 Å². The van der Waals surface area contributed by atoms with E-state index in [1.807, 2.05) is 0 Å². The molecular formula is C18H20N4O5. The molecule has 3 N–H and O–H groups in total. The number of nitrogens with zero attached hydrogens (tertiary/aromatic N) is 2. The second kappa shape index (κ2) is 7.90. The fraction of sp³-hybridized carbons (Fsp3) is 0.333. The number of nitrogens with two attached hydrogens (primary N) is 1. The molecular weight excluding hydrogens is 352 g/mol. The third-order valence-electron chi connectivity index (χ3n) is 4.21. The molecule has 0 radical (unpaired) electrons. The number of benzene rings is 1. The van der Waals surface area contributed by atoms with Crippen molar-refractivity contribution >= 4 is 23.6 Å². The van der Waals surface area contributed by atoms with Crippen LogP contribution in [0.4, 0.5) is 10.5 Å². The van der Waals surface area contributed by atoms with Crippen LogP contribution in [-0.2, 0) is 9.53 Å². The van der Waals surface area contributed by atoms with Crippen molar-refractivity contribution in [2.24, 2.45) is 5.73 Å². The van der Waals surface area contributed by atoms with Gasteiger partial charge in [0.2, 0.25) is 11.8 Å². The van der Waals surface area contributed by atoms with E-state index in [1.54, 1.807) is 31.2 Å². The number of aromatic nitrogens is 1. The van der Waals surface area contributed by atoms with Crippen molar-refractivity contribution in [3.8, 4) is 11.5 Å². The molecule has 0 saturated carbocycles. The van der Waals surface area contributed by atoms with Crippen molar-refractivity contribution < 1.29 is 23.5 Å². The van der Waals surface area contributed by atoms with Crippen molar-refractivity contribution in [2.75, 3.05) is 18.5 Å². The zero-order valence-corrected chi connectivity index (χ0v) is 14.8. The van der Waals surface area contributed by atoms with E-state index in [9.17, 15) is 14.4 Å². The molecule has 0 unspecified atom stereocenters. The lowest BCUT2D eigenvalue weighted by atomic mass is 10.2. The summed E-state index contributed by atoms with van der Waals surface area (Å²) < 4.78 is 10.2. The van der Waals surface area contributed by atoms with Crippen LogP contribution in [0.2, 0.25) is 0 Å². The average molecular weight is 372 g/mol. The van der Waals surface area contributed by atoms with Crippen molar-refractivity contribution in [3.63, 3.8) is 0 Å². The highest BCUT2D eigenvalue weighted by atomic mass is 16.5. The van der Waals surface area contributed by atoms with Crippen molar-refractivity contribution in [2.45, 2.75) is 25.8 Å². The Morgan fingerprint density at radius 1 is 1.33 bits per heavy atom. The number of hydrogen-bond donors (Lipinski definition) is 2. The van der Waals surface area contributed by atoms with Gasteiger partial charge in [0, 0.05) is 17.8 Å².